The lowest BCUT2D eigenvalue weighted by Gasteiger charge is -2.27. The van der Waals surface area contributed by atoms with Gasteiger partial charge in [-0.3, -0.25) is 0 Å². The van der Waals surface area contributed by atoms with E-state index in [-0.39, 0.29) is 0 Å². The van der Waals surface area contributed by atoms with E-state index in [0.717, 1.165) is 12.0 Å². The van der Waals surface area contributed by atoms with Crippen molar-refractivity contribution in [1.82, 2.24) is 5.32 Å². The molecule has 1 heteroatoms. The molecule has 0 aromatic carbocycles. The number of rotatable bonds is 4. The van der Waals surface area contributed by atoms with Crippen molar-refractivity contribution in [3.63, 3.8) is 0 Å². The molecular weight excluding hydrogens is 158 g/mol. The summed E-state index contributed by atoms with van der Waals surface area (Å²) < 4.78 is 0. The van der Waals surface area contributed by atoms with Gasteiger partial charge in [-0.2, -0.15) is 0 Å². The van der Waals surface area contributed by atoms with Gasteiger partial charge < -0.3 is 5.32 Å². The molecule has 0 heterocycles. The highest BCUT2D eigenvalue weighted by Crippen LogP contribution is 2.18. The summed E-state index contributed by atoms with van der Waals surface area (Å²) in [4.78, 5) is 0. The van der Waals surface area contributed by atoms with E-state index in [1.165, 1.54) is 38.5 Å². The smallest absolute Gasteiger partial charge is 0.00695 e. The van der Waals surface area contributed by atoms with Crippen molar-refractivity contribution >= 4 is 0 Å². The molecule has 1 nitrogen and oxygen atoms in total. The first-order chi connectivity index (χ1) is 6.18. The fourth-order valence-electron chi connectivity index (χ4n) is 2.45. The summed E-state index contributed by atoms with van der Waals surface area (Å²) in [7, 11) is 0. The van der Waals surface area contributed by atoms with Gasteiger partial charge >= 0.3 is 0 Å². The highest BCUT2D eigenvalue weighted by Gasteiger charge is 2.15. The topological polar surface area (TPSA) is 12.0 Å². The van der Waals surface area contributed by atoms with Crippen molar-refractivity contribution in [1.29, 1.82) is 0 Å². The monoisotopic (exact) mass is 183 g/mol. The van der Waals surface area contributed by atoms with Crippen molar-refractivity contribution in [3.8, 4) is 0 Å². The average molecular weight is 183 g/mol. The van der Waals surface area contributed by atoms with Gasteiger partial charge in [-0.15, -0.1) is 0 Å². The van der Waals surface area contributed by atoms with E-state index in [2.05, 4.69) is 26.1 Å². The number of hydrogen-bond donors (Lipinski definition) is 1. The SMILES string of the molecule is CC(C)C[C@H](C)NC1CCCCC1. The molecule has 0 aliphatic heterocycles. The quantitative estimate of drug-likeness (QED) is 0.705. The third-order valence-corrected chi connectivity index (χ3v) is 2.95. The standard InChI is InChI=1S/C12H25N/c1-10(2)9-11(3)13-12-7-5-4-6-8-12/h10-13H,4-9H2,1-3H3/t11-/m0/s1. The van der Waals surface area contributed by atoms with Crippen LogP contribution in [0.3, 0.4) is 0 Å². The van der Waals surface area contributed by atoms with Crippen molar-refractivity contribution in [2.45, 2.75) is 71.4 Å². The maximum absolute atomic E-state index is 3.75. The van der Waals surface area contributed by atoms with Gasteiger partial charge in [0.25, 0.3) is 0 Å². The third kappa shape index (κ3) is 4.66. The van der Waals surface area contributed by atoms with Crippen molar-refractivity contribution in [3.05, 3.63) is 0 Å². The summed E-state index contributed by atoms with van der Waals surface area (Å²) in [6, 6.07) is 1.53. The second kappa shape index (κ2) is 5.64. The molecule has 13 heavy (non-hydrogen) atoms. The molecule has 0 bridgehead atoms. The molecule has 1 fully saturated rings. The lowest BCUT2D eigenvalue weighted by atomic mass is 9.94. The van der Waals surface area contributed by atoms with Gasteiger partial charge in [0.1, 0.15) is 0 Å². The van der Waals surface area contributed by atoms with E-state index in [9.17, 15) is 0 Å². The molecule has 1 aliphatic rings. The predicted molar refractivity (Wildman–Crippen MR) is 58.9 cm³/mol. The Kier molecular flexibility index (Phi) is 4.79. The van der Waals surface area contributed by atoms with E-state index < -0.39 is 0 Å². The van der Waals surface area contributed by atoms with Crippen molar-refractivity contribution in [2.24, 2.45) is 5.92 Å². The van der Waals surface area contributed by atoms with Crippen LogP contribution in [-0.4, -0.2) is 12.1 Å². The van der Waals surface area contributed by atoms with E-state index in [1.54, 1.807) is 0 Å². The van der Waals surface area contributed by atoms with Crippen LogP contribution in [0.4, 0.5) is 0 Å². The van der Waals surface area contributed by atoms with Crippen LogP contribution in [0.25, 0.3) is 0 Å². The molecule has 1 aliphatic carbocycles. The zero-order valence-electron chi connectivity index (χ0n) is 9.47. The Morgan fingerprint density at radius 2 is 1.69 bits per heavy atom. The molecule has 0 saturated heterocycles. The van der Waals surface area contributed by atoms with Gasteiger partial charge in [-0.25, -0.2) is 0 Å². The third-order valence-electron chi connectivity index (χ3n) is 2.95. The Labute approximate surface area is 83.3 Å². The minimum atomic E-state index is 0.711. The summed E-state index contributed by atoms with van der Waals surface area (Å²) in [5, 5.41) is 3.75. The second-order valence-corrected chi connectivity index (χ2v) is 5.03. The normalized spacial score (nSPS) is 22.2. The molecule has 1 N–H and O–H groups in total. The first-order valence-electron chi connectivity index (χ1n) is 5.94. The molecule has 1 atom stereocenters. The van der Waals surface area contributed by atoms with E-state index in [1.807, 2.05) is 0 Å². The average Bonchev–Trinajstić information content (AvgIpc) is 2.04. The maximum Gasteiger partial charge on any atom is 0.00695 e. The van der Waals surface area contributed by atoms with Crippen LogP contribution in [0.1, 0.15) is 59.3 Å². The van der Waals surface area contributed by atoms with Gasteiger partial charge in [-0.1, -0.05) is 33.1 Å². The lowest BCUT2D eigenvalue weighted by Crippen LogP contribution is -2.38. The highest BCUT2D eigenvalue weighted by atomic mass is 14.9. The van der Waals surface area contributed by atoms with Gasteiger partial charge in [0.2, 0.25) is 0 Å². The van der Waals surface area contributed by atoms with Crippen LogP contribution in [0.15, 0.2) is 0 Å². The second-order valence-electron chi connectivity index (χ2n) is 5.03. The Hall–Kier alpha value is -0.0400. The van der Waals surface area contributed by atoms with E-state index in [4.69, 9.17) is 0 Å². The fraction of sp³-hybridized carbons (Fsp3) is 1.00. The predicted octanol–water partition coefficient (Wildman–Crippen LogP) is 3.34. The van der Waals surface area contributed by atoms with Crippen LogP contribution in [-0.2, 0) is 0 Å². The zero-order valence-corrected chi connectivity index (χ0v) is 9.47. The van der Waals surface area contributed by atoms with E-state index >= 15 is 0 Å². The molecule has 0 radical (unpaired) electrons. The molecule has 0 unspecified atom stereocenters. The Balaban J connectivity index is 2.14. The van der Waals surface area contributed by atoms with Crippen LogP contribution < -0.4 is 5.32 Å². The van der Waals surface area contributed by atoms with Gasteiger partial charge in [0.15, 0.2) is 0 Å². The van der Waals surface area contributed by atoms with Crippen LogP contribution >= 0.6 is 0 Å². The van der Waals surface area contributed by atoms with Crippen LogP contribution in [0.5, 0.6) is 0 Å². The molecule has 0 spiro atoms. The first kappa shape index (κ1) is 11.0. The van der Waals surface area contributed by atoms with Crippen molar-refractivity contribution < 1.29 is 0 Å². The summed E-state index contributed by atoms with van der Waals surface area (Å²) in [6.45, 7) is 6.94. The van der Waals surface area contributed by atoms with Crippen molar-refractivity contribution in [2.75, 3.05) is 0 Å². The molecule has 0 amide bonds. The summed E-state index contributed by atoms with van der Waals surface area (Å²) in [6.07, 6.45) is 8.45. The number of hydrogen-bond acceptors (Lipinski definition) is 1. The van der Waals surface area contributed by atoms with Crippen LogP contribution in [0.2, 0.25) is 0 Å². The minimum absolute atomic E-state index is 0.711. The number of nitrogens with one attached hydrogen (secondary N) is 1. The largest absolute Gasteiger partial charge is 0.311 e. The van der Waals surface area contributed by atoms with Gasteiger partial charge in [-0.05, 0) is 32.1 Å². The Morgan fingerprint density at radius 1 is 1.08 bits per heavy atom. The van der Waals surface area contributed by atoms with Gasteiger partial charge in [0.05, 0.1) is 0 Å². The molecule has 1 rings (SSSR count). The summed E-state index contributed by atoms with van der Waals surface area (Å²) in [5.74, 6) is 0.825. The van der Waals surface area contributed by atoms with Crippen LogP contribution in [0, 0.1) is 5.92 Å². The molecule has 1 saturated carbocycles. The Bertz CT molecular complexity index is 125. The zero-order chi connectivity index (χ0) is 9.68. The first-order valence-corrected chi connectivity index (χ1v) is 5.94. The molecule has 78 valence electrons. The molecular formula is C12H25N. The van der Waals surface area contributed by atoms with E-state index in [0.29, 0.717) is 6.04 Å². The summed E-state index contributed by atoms with van der Waals surface area (Å²) >= 11 is 0. The minimum Gasteiger partial charge on any atom is -0.311 e. The fourth-order valence-corrected chi connectivity index (χ4v) is 2.45. The Morgan fingerprint density at radius 3 is 2.23 bits per heavy atom. The summed E-state index contributed by atoms with van der Waals surface area (Å²) in [5.41, 5.74) is 0. The molecule has 0 aromatic rings. The lowest BCUT2D eigenvalue weighted by molar-refractivity contribution is 0.322. The maximum atomic E-state index is 3.75. The molecule has 0 aromatic heterocycles. The highest BCUT2D eigenvalue weighted by molar-refractivity contribution is 4.75. The van der Waals surface area contributed by atoms with Gasteiger partial charge in [0, 0.05) is 12.1 Å².